The molecule has 1 atom stereocenters. The highest BCUT2D eigenvalue weighted by Gasteiger charge is 2.45. The van der Waals surface area contributed by atoms with Crippen molar-refractivity contribution < 1.29 is 9.47 Å². The molecule has 2 aliphatic rings. The van der Waals surface area contributed by atoms with E-state index in [1.54, 1.807) is 7.11 Å². The Morgan fingerprint density at radius 3 is 1.97 bits per heavy atom. The zero-order valence-electron chi connectivity index (χ0n) is 22.2. The van der Waals surface area contributed by atoms with Crippen LogP contribution in [0.15, 0.2) is 48.5 Å². The number of anilines is 2. The van der Waals surface area contributed by atoms with E-state index in [1.807, 2.05) is 12.1 Å². The van der Waals surface area contributed by atoms with E-state index in [2.05, 4.69) is 87.7 Å². The maximum Gasteiger partial charge on any atom is 0.129 e. The first-order valence-electron chi connectivity index (χ1n) is 12.7. The molecule has 0 radical (unpaired) electrons. The van der Waals surface area contributed by atoms with Crippen LogP contribution in [0.5, 0.6) is 11.5 Å². The van der Waals surface area contributed by atoms with Gasteiger partial charge in [-0.3, -0.25) is 0 Å². The average molecular weight is 471 g/mol. The Kier molecular flexibility index (Phi) is 5.94. The minimum atomic E-state index is -0.286. The smallest absolute Gasteiger partial charge is 0.129 e. The molecule has 3 aromatic carbocycles. The number of methoxy groups -OCH3 is 1. The molecule has 0 aromatic heterocycles. The summed E-state index contributed by atoms with van der Waals surface area (Å²) in [6.07, 6.45) is 0. The first-order chi connectivity index (χ1) is 16.7. The number of piperazine rings is 1. The Labute approximate surface area is 210 Å². The Morgan fingerprint density at radius 1 is 0.771 bits per heavy atom. The van der Waals surface area contributed by atoms with Gasteiger partial charge in [-0.2, -0.15) is 0 Å². The maximum atomic E-state index is 6.75. The molecule has 0 amide bonds. The van der Waals surface area contributed by atoms with E-state index in [-0.39, 0.29) is 11.5 Å². The van der Waals surface area contributed by atoms with Gasteiger partial charge in [-0.05, 0) is 82.5 Å². The molecular weight excluding hydrogens is 432 g/mol. The molecule has 35 heavy (non-hydrogen) atoms. The van der Waals surface area contributed by atoms with Gasteiger partial charge in [-0.1, -0.05) is 29.8 Å². The predicted molar refractivity (Wildman–Crippen MR) is 146 cm³/mol. The number of ether oxygens (including phenoxy) is 2. The third kappa shape index (κ3) is 4.03. The average Bonchev–Trinajstić information content (AvgIpc) is 3.15. The van der Waals surface area contributed by atoms with Gasteiger partial charge >= 0.3 is 0 Å². The highest BCUT2D eigenvalue weighted by atomic mass is 16.5. The lowest BCUT2D eigenvalue weighted by molar-refractivity contribution is 0.121. The summed E-state index contributed by atoms with van der Waals surface area (Å²) >= 11 is 0. The van der Waals surface area contributed by atoms with Crippen LogP contribution in [0.2, 0.25) is 0 Å². The van der Waals surface area contributed by atoms with Crippen LogP contribution in [0.4, 0.5) is 11.4 Å². The minimum absolute atomic E-state index is 0.233. The van der Waals surface area contributed by atoms with Crippen LogP contribution in [-0.2, 0) is 0 Å². The molecule has 2 aliphatic heterocycles. The number of aryl methyl sites for hydroxylation is 1. The zero-order chi connectivity index (χ0) is 24.9. The fourth-order valence-corrected chi connectivity index (χ4v) is 6.07. The molecule has 0 N–H and O–H groups in total. The molecular formula is C31H38N2O2. The lowest BCUT2D eigenvalue weighted by Gasteiger charge is -2.39. The van der Waals surface area contributed by atoms with Crippen LogP contribution in [0, 0.1) is 27.7 Å². The first-order valence-corrected chi connectivity index (χ1v) is 12.7. The number of fused-ring (bicyclic) bond motifs is 1. The summed E-state index contributed by atoms with van der Waals surface area (Å²) in [5.41, 5.74) is 10.4. The van der Waals surface area contributed by atoms with Gasteiger partial charge in [0.25, 0.3) is 0 Å². The van der Waals surface area contributed by atoms with Gasteiger partial charge in [0.15, 0.2) is 0 Å². The van der Waals surface area contributed by atoms with Crippen molar-refractivity contribution in [2.75, 3.05) is 43.1 Å². The summed E-state index contributed by atoms with van der Waals surface area (Å²) in [7, 11) is 1.71. The molecule has 0 bridgehead atoms. The van der Waals surface area contributed by atoms with Gasteiger partial charge in [-0.15, -0.1) is 0 Å². The van der Waals surface area contributed by atoms with Gasteiger partial charge in [0.1, 0.15) is 17.1 Å². The highest BCUT2D eigenvalue weighted by molar-refractivity contribution is 5.72. The highest BCUT2D eigenvalue weighted by Crippen LogP contribution is 2.54. The summed E-state index contributed by atoms with van der Waals surface area (Å²) in [4.78, 5) is 5.03. The summed E-state index contributed by atoms with van der Waals surface area (Å²) in [5.74, 6) is 2.23. The van der Waals surface area contributed by atoms with Crippen LogP contribution in [0.25, 0.3) is 0 Å². The molecule has 4 nitrogen and oxygen atoms in total. The first kappa shape index (κ1) is 23.6. The van der Waals surface area contributed by atoms with Crippen LogP contribution < -0.4 is 19.3 Å². The molecule has 184 valence electrons. The summed E-state index contributed by atoms with van der Waals surface area (Å²) in [6, 6.07) is 17.4. The standard InChI is InChI=1S/C31H38N2O2/c1-20-8-10-24(11-9-20)28-27-21(2)22(3)29(23(4)30(27)35-31(28,5)6)33-18-16-32(17-19-33)25-12-14-26(34-7)15-13-25/h8-15,28H,16-19H2,1-7H3. The maximum absolute atomic E-state index is 6.75. The lowest BCUT2D eigenvalue weighted by Crippen LogP contribution is -2.47. The van der Waals surface area contributed by atoms with Crippen molar-refractivity contribution in [1.29, 1.82) is 0 Å². The van der Waals surface area contributed by atoms with Crippen molar-refractivity contribution in [3.8, 4) is 11.5 Å². The summed E-state index contributed by atoms with van der Waals surface area (Å²) in [5, 5.41) is 0. The van der Waals surface area contributed by atoms with E-state index in [4.69, 9.17) is 9.47 Å². The number of hydrogen-bond acceptors (Lipinski definition) is 4. The van der Waals surface area contributed by atoms with Crippen LogP contribution >= 0.6 is 0 Å². The largest absolute Gasteiger partial charge is 0.497 e. The minimum Gasteiger partial charge on any atom is -0.497 e. The van der Waals surface area contributed by atoms with E-state index >= 15 is 0 Å². The SMILES string of the molecule is COc1ccc(N2CCN(c3c(C)c(C)c4c(c3C)OC(C)(C)C4c3ccc(C)cc3)CC2)cc1. The van der Waals surface area contributed by atoms with E-state index < -0.39 is 0 Å². The number of nitrogens with zero attached hydrogens (tertiary/aromatic N) is 2. The Balaban J connectivity index is 1.45. The topological polar surface area (TPSA) is 24.9 Å². The fourth-order valence-electron chi connectivity index (χ4n) is 6.07. The number of rotatable bonds is 4. The Hall–Kier alpha value is -3.14. The van der Waals surface area contributed by atoms with Crippen molar-refractivity contribution in [3.05, 3.63) is 81.9 Å². The number of benzene rings is 3. The second-order valence-electron chi connectivity index (χ2n) is 10.7. The molecule has 0 saturated carbocycles. The van der Waals surface area contributed by atoms with Crippen molar-refractivity contribution in [1.82, 2.24) is 0 Å². The summed E-state index contributed by atoms with van der Waals surface area (Å²) in [6.45, 7) is 17.4. The second-order valence-corrected chi connectivity index (χ2v) is 10.7. The summed E-state index contributed by atoms with van der Waals surface area (Å²) < 4.78 is 12.1. The van der Waals surface area contributed by atoms with Gasteiger partial charge in [0, 0.05) is 48.7 Å². The van der Waals surface area contributed by atoms with Crippen LogP contribution in [-0.4, -0.2) is 38.9 Å². The van der Waals surface area contributed by atoms with E-state index in [9.17, 15) is 0 Å². The molecule has 0 aliphatic carbocycles. The van der Waals surface area contributed by atoms with E-state index in [1.165, 1.54) is 44.8 Å². The quantitative estimate of drug-likeness (QED) is 0.431. The molecule has 0 spiro atoms. The van der Waals surface area contributed by atoms with Crippen LogP contribution in [0.1, 0.15) is 53.1 Å². The van der Waals surface area contributed by atoms with Gasteiger partial charge < -0.3 is 19.3 Å². The Morgan fingerprint density at radius 2 is 1.37 bits per heavy atom. The zero-order valence-corrected chi connectivity index (χ0v) is 22.2. The fraction of sp³-hybridized carbons (Fsp3) is 0.419. The monoisotopic (exact) mass is 470 g/mol. The predicted octanol–water partition coefficient (Wildman–Crippen LogP) is 6.56. The normalized spacial score (nSPS) is 18.9. The molecule has 3 aromatic rings. The molecule has 1 fully saturated rings. The molecule has 1 saturated heterocycles. The van der Waals surface area contributed by atoms with Crippen molar-refractivity contribution in [2.24, 2.45) is 0 Å². The molecule has 2 heterocycles. The third-order valence-corrected chi connectivity index (χ3v) is 8.06. The van der Waals surface area contributed by atoms with Crippen molar-refractivity contribution in [3.63, 3.8) is 0 Å². The van der Waals surface area contributed by atoms with E-state index in [0.29, 0.717) is 0 Å². The lowest BCUT2D eigenvalue weighted by atomic mass is 9.78. The molecule has 5 rings (SSSR count). The molecule has 1 unspecified atom stereocenters. The third-order valence-electron chi connectivity index (χ3n) is 8.06. The van der Waals surface area contributed by atoms with Gasteiger partial charge in [-0.25, -0.2) is 0 Å². The number of hydrogen-bond donors (Lipinski definition) is 0. The van der Waals surface area contributed by atoms with Crippen molar-refractivity contribution >= 4 is 11.4 Å². The van der Waals surface area contributed by atoms with Gasteiger partial charge in [0.2, 0.25) is 0 Å². The van der Waals surface area contributed by atoms with Crippen molar-refractivity contribution in [2.45, 2.75) is 53.1 Å². The van der Waals surface area contributed by atoms with Gasteiger partial charge in [0.05, 0.1) is 13.0 Å². The Bertz CT molecular complexity index is 1220. The van der Waals surface area contributed by atoms with E-state index in [0.717, 1.165) is 37.7 Å². The van der Waals surface area contributed by atoms with Crippen LogP contribution in [0.3, 0.4) is 0 Å². The molecule has 4 heteroatoms. The second kappa shape index (κ2) is 8.82.